The summed E-state index contributed by atoms with van der Waals surface area (Å²) in [5, 5.41) is 8.12. The number of halogens is 3. The molecule has 1 aliphatic heterocycles. The summed E-state index contributed by atoms with van der Waals surface area (Å²) in [7, 11) is 3.89. The fourth-order valence-electron chi connectivity index (χ4n) is 5.59. The van der Waals surface area contributed by atoms with E-state index >= 15 is 0 Å². The molecule has 6 heterocycles. The Bertz CT molecular complexity index is 2010. The first-order valence-electron chi connectivity index (χ1n) is 14.5. The third-order valence-electron chi connectivity index (χ3n) is 7.81. The fraction of sp³-hybridized carbons (Fsp3) is 0.281. The van der Waals surface area contributed by atoms with Gasteiger partial charge in [0.25, 0.3) is 5.92 Å². The summed E-state index contributed by atoms with van der Waals surface area (Å²) >= 11 is 0. The van der Waals surface area contributed by atoms with Gasteiger partial charge in [0.15, 0.2) is 17.1 Å². The smallest absolute Gasteiger partial charge is 0.261 e. The highest BCUT2D eigenvalue weighted by atomic mass is 19.3. The summed E-state index contributed by atoms with van der Waals surface area (Å²) in [6, 6.07) is 10.3. The lowest BCUT2D eigenvalue weighted by atomic mass is 10.1. The van der Waals surface area contributed by atoms with E-state index in [1.54, 1.807) is 41.8 Å². The van der Waals surface area contributed by atoms with Gasteiger partial charge < -0.3 is 14.6 Å². The summed E-state index contributed by atoms with van der Waals surface area (Å²) in [6.45, 7) is 1.62. The monoisotopic (exact) mass is 613 g/mol. The molecule has 230 valence electrons. The molecule has 45 heavy (non-hydrogen) atoms. The Balaban J connectivity index is 1.20. The van der Waals surface area contributed by atoms with Crippen LogP contribution in [-0.4, -0.2) is 91.2 Å². The largest absolute Gasteiger partial charge is 0.492 e. The first-order chi connectivity index (χ1) is 21.7. The lowest BCUT2D eigenvalue weighted by Gasteiger charge is -2.15. The van der Waals surface area contributed by atoms with Crippen molar-refractivity contribution in [2.45, 2.75) is 18.9 Å². The second-order valence-corrected chi connectivity index (χ2v) is 11.6. The number of H-pyrrole nitrogens is 2. The van der Waals surface area contributed by atoms with Crippen LogP contribution in [0, 0.1) is 5.82 Å². The highest BCUT2D eigenvalue weighted by Crippen LogP contribution is 2.34. The number of hydrogen-bond acceptors (Lipinski definition) is 8. The van der Waals surface area contributed by atoms with E-state index in [0.717, 1.165) is 27.6 Å². The van der Waals surface area contributed by atoms with Crippen molar-refractivity contribution in [3.63, 3.8) is 0 Å². The second-order valence-electron chi connectivity index (χ2n) is 11.6. The molecule has 2 N–H and O–H groups in total. The highest BCUT2D eigenvalue weighted by Gasteiger charge is 2.37. The van der Waals surface area contributed by atoms with Crippen molar-refractivity contribution >= 4 is 22.2 Å². The molecule has 10 nitrogen and oxygen atoms in total. The van der Waals surface area contributed by atoms with Crippen molar-refractivity contribution in [3.05, 3.63) is 72.6 Å². The van der Waals surface area contributed by atoms with Crippen molar-refractivity contribution < 1.29 is 17.9 Å². The Morgan fingerprint density at radius 1 is 1.00 bits per heavy atom. The maximum absolute atomic E-state index is 14.6. The zero-order valence-electron chi connectivity index (χ0n) is 24.7. The number of aromatic amines is 2. The predicted molar refractivity (Wildman–Crippen MR) is 164 cm³/mol. The predicted octanol–water partition coefficient (Wildman–Crippen LogP) is 5.55. The van der Waals surface area contributed by atoms with Crippen LogP contribution in [0.15, 0.2) is 61.2 Å². The first-order valence-corrected chi connectivity index (χ1v) is 14.5. The molecule has 7 rings (SSSR count). The van der Waals surface area contributed by atoms with E-state index in [9.17, 15) is 13.2 Å². The number of likely N-dealkylation sites (N-methyl/N-ethyl adjacent to an activating group) is 1. The van der Waals surface area contributed by atoms with Crippen LogP contribution in [-0.2, 0) is 6.54 Å². The van der Waals surface area contributed by atoms with Crippen LogP contribution in [0.4, 0.5) is 13.2 Å². The van der Waals surface area contributed by atoms with Gasteiger partial charge in [0.05, 0.1) is 17.4 Å². The Labute approximate surface area is 256 Å². The van der Waals surface area contributed by atoms with E-state index in [2.05, 4.69) is 30.1 Å². The molecule has 0 saturated carbocycles. The number of nitrogens with zero attached hydrogens (tertiary/aromatic N) is 7. The van der Waals surface area contributed by atoms with Gasteiger partial charge in [0.1, 0.15) is 23.9 Å². The van der Waals surface area contributed by atoms with Crippen LogP contribution in [0.3, 0.4) is 0 Å². The number of nitrogens with one attached hydrogen (secondary N) is 2. The zero-order chi connectivity index (χ0) is 31.1. The maximum atomic E-state index is 14.6. The molecule has 0 amide bonds. The Morgan fingerprint density at radius 2 is 1.87 bits per heavy atom. The molecule has 1 aromatic carbocycles. The van der Waals surface area contributed by atoms with Gasteiger partial charge in [-0.2, -0.15) is 5.10 Å². The van der Waals surface area contributed by atoms with Crippen LogP contribution >= 0.6 is 0 Å². The van der Waals surface area contributed by atoms with Gasteiger partial charge in [0.2, 0.25) is 0 Å². The molecular formula is C32H30F3N9O. The molecule has 0 bridgehead atoms. The number of ether oxygens (including phenoxy) is 1. The van der Waals surface area contributed by atoms with Crippen molar-refractivity contribution in [2.24, 2.45) is 0 Å². The fourth-order valence-corrected chi connectivity index (χ4v) is 5.59. The van der Waals surface area contributed by atoms with E-state index in [-0.39, 0.29) is 13.0 Å². The zero-order valence-corrected chi connectivity index (χ0v) is 24.7. The maximum Gasteiger partial charge on any atom is 0.261 e. The standard InChI is InChI=1S/C32H30F3N9O/c1-43(2)7-8-45-24-11-20(10-23(33)13-24)25-3-5-37-30-27(25)39-31(40-30)28-26-12-22(16-38-29(26)42-41-28)21-9-19(14-36-15-21)17-44-6-4-32(34,35)18-44/h3,5,9-16H,4,6-8,17-18H2,1-2H3,(H,37,39,40)(H,38,41,42). The Kier molecular flexibility index (Phi) is 7.42. The van der Waals surface area contributed by atoms with Gasteiger partial charge in [-0.1, -0.05) is 0 Å². The van der Waals surface area contributed by atoms with Crippen LogP contribution < -0.4 is 4.74 Å². The quantitative estimate of drug-likeness (QED) is 0.219. The number of likely N-dealkylation sites (tertiary alicyclic amines) is 1. The average Bonchev–Trinajstić information content (AvgIpc) is 3.72. The van der Waals surface area contributed by atoms with Gasteiger partial charge >= 0.3 is 0 Å². The molecule has 1 aliphatic rings. The number of hydrogen-bond donors (Lipinski definition) is 2. The number of fused-ring (bicyclic) bond motifs is 2. The van der Waals surface area contributed by atoms with Crippen molar-refractivity contribution in [2.75, 3.05) is 40.3 Å². The number of rotatable bonds is 9. The van der Waals surface area contributed by atoms with Crippen molar-refractivity contribution in [1.82, 2.24) is 44.9 Å². The minimum Gasteiger partial charge on any atom is -0.492 e. The number of alkyl halides is 2. The molecule has 5 aromatic heterocycles. The summed E-state index contributed by atoms with van der Waals surface area (Å²) in [5.41, 5.74) is 5.99. The lowest BCUT2D eigenvalue weighted by Crippen LogP contribution is -2.24. The average molecular weight is 614 g/mol. The lowest BCUT2D eigenvalue weighted by molar-refractivity contribution is 0.0115. The third-order valence-corrected chi connectivity index (χ3v) is 7.81. The SMILES string of the molecule is CN(C)CCOc1cc(F)cc(-c2ccnc3nc(-c4[nH]nc5ncc(-c6cncc(CN7CCC(F)(F)C7)c6)cc45)[nH]c23)c1. The van der Waals surface area contributed by atoms with Crippen LogP contribution in [0.25, 0.3) is 56.0 Å². The molecule has 0 spiro atoms. The second kappa shape index (κ2) is 11.6. The van der Waals surface area contributed by atoms with E-state index in [0.29, 0.717) is 65.9 Å². The summed E-state index contributed by atoms with van der Waals surface area (Å²) < 4.78 is 47.8. The third kappa shape index (κ3) is 6.08. The van der Waals surface area contributed by atoms with E-state index in [4.69, 9.17) is 9.72 Å². The molecule has 0 radical (unpaired) electrons. The summed E-state index contributed by atoms with van der Waals surface area (Å²) in [5.74, 6) is -2.13. The number of imidazole rings is 1. The summed E-state index contributed by atoms with van der Waals surface area (Å²) in [6.07, 6.45) is 6.63. The number of pyridine rings is 3. The first kappa shape index (κ1) is 28.9. The molecular weight excluding hydrogens is 583 g/mol. The minimum atomic E-state index is -2.65. The van der Waals surface area contributed by atoms with Crippen molar-refractivity contribution in [3.8, 4) is 39.5 Å². The molecule has 1 saturated heterocycles. The van der Waals surface area contributed by atoms with E-state index in [1.165, 1.54) is 12.1 Å². The van der Waals surface area contributed by atoms with Crippen molar-refractivity contribution in [1.29, 1.82) is 0 Å². The molecule has 0 atom stereocenters. The van der Waals surface area contributed by atoms with Crippen LogP contribution in [0.1, 0.15) is 12.0 Å². The van der Waals surface area contributed by atoms with E-state index in [1.807, 2.05) is 31.1 Å². The number of aromatic nitrogens is 7. The van der Waals surface area contributed by atoms with Gasteiger partial charge in [-0.15, -0.1) is 0 Å². The van der Waals surface area contributed by atoms with Crippen LogP contribution in [0.2, 0.25) is 0 Å². The molecule has 1 fully saturated rings. The normalized spacial score (nSPS) is 15.1. The molecule has 0 aliphatic carbocycles. The van der Waals surface area contributed by atoms with E-state index < -0.39 is 11.7 Å². The van der Waals surface area contributed by atoms with Crippen LogP contribution in [0.5, 0.6) is 5.75 Å². The molecule has 13 heteroatoms. The highest BCUT2D eigenvalue weighted by molar-refractivity contribution is 5.96. The minimum absolute atomic E-state index is 0.127. The summed E-state index contributed by atoms with van der Waals surface area (Å²) in [4.78, 5) is 25.1. The Morgan fingerprint density at radius 3 is 2.69 bits per heavy atom. The van der Waals surface area contributed by atoms with Gasteiger partial charge in [-0.3, -0.25) is 15.0 Å². The van der Waals surface area contributed by atoms with Gasteiger partial charge in [-0.25, -0.2) is 28.1 Å². The van der Waals surface area contributed by atoms with Gasteiger partial charge in [0, 0.05) is 73.6 Å². The molecule has 6 aromatic rings. The topological polar surface area (TPSA) is 112 Å². The van der Waals surface area contributed by atoms with Gasteiger partial charge in [-0.05, 0) is 55.6 Å². The Hall–Kier alpha value is -4.88. The molecule has 0 unspecified atom stereocenters. The number of benzene rings is 1.